The highest BCUT2D eigenvalue weighted by Crippen LogP contribution is 2.27. The van der Waals surface area contributed by atoms with E-state index in [1.54, 1.807) is 12.0 Å². The van der Waals surface area contributed by atoms with Gasteiger partial charge in [-0.25, -0.2) is 0 Å². The van der Waals surface area contributed by atoms with Gasteiger partial charge < -0.3 is 19.9 Å². The average molecular weight is 470 g/mol. The Kier molecular flexibility index (Phi) is 5.28. The predicted molar refractivity (Wildman–Crippen MR) is 132 cm³/mol. The molecule has 6 rings (SSSR count). The van der Waals surface area contributed by atoms with E-state index in [4.69, 9.17) is 9.84 Å². The summed E-state index contributed by atoms with van der Waals surface area (Å²) >= 11 is 0. The van der Waals surface area contributed by atoms with Crippen LogP contribution in [0.5, 0.6) is 5.75 Å². The molecule has 0 spiro atoms. The van der Waals surface area contributed by atoms with Crippen LogP contribution in [0.4, 0.5) is 0 Å². The lowest BCUT2D eigenvalue weighted by Crippen LogP contribution is -2.37. The van der Waals surface area contributed by atoms with E-state index < -0.39 is 0 Å². The SMILES string of the molecule is COc1cccc(Cn2nc(C(=O)NC3CC3)c3c2CCN(C(=O)c2cc4ccccc4[nH]2)C3)c1. The summed E-state index contributed by atoms with van der Waals surface area (Å²) in [5, 5.41) is 8.81. The Morgan fingerprint density at radius 3 is 2.80 bits per heavy atom. The Labute approximate surface area is 202 Å². The topological polar surface area (TPSA) is 92.2 Å². The lowest BCUT2D eigenvalue weighted by molar-refractivity contribution is 0.0725. The molecule has 2 amide bonds. The quantitative estimate of drug-likeness (QED) is 0.452. The zero-order chi connectivity index (χ0) is 23.9. The number of amides is 2. The molecule has 178 valence electrons. The van der Waals surface area contributed by atoms with Gasteiger partial charge in [-0.2, -0.15) is 5.10 Å². The van der Waals surface area contributed by atoms with Gasteiger partial charge in [-0.3, -0.25) is 14.3 Å². The average Bonchev–Trinajstić information content (AvgIpc) is 3.47. The van der Waals surface area contributed by atoms with E-state index in [1.165, 1.54) is 0 Å². The highest BCUT2D eigenvalue weighted by Gasteiger charge is 2.33. The largest absolute Gasteiger partial charge is 0.497 e. The Hall–Kier alpha value is -4.07. The van der Waals surface area contributed by atoms with E-state index in [0.717, 1.165) is 46.3 Å². The lowest BCUT2D eigenvalue weighted by atomic mass is 10.0. The third-order valence-electron chi connectivity index (χ3n) is 6.78. The molecule has 4 aromatic rings. The molecule has 2 N–H and O–H groups in total. The van der Waals surface area contributed by atoms with Crippen molar-refractivity contribution in [3.05, 3.63) is 82.8 Å². The summed E-state index contributed by atoms with van der Waals surface area (Å²) in [4.78, 5) is 31.5. The molecule has 0 unspecified atom stereocenters. The molecule has 8 heteroatoms. The van der Waals surface area contributed by atoms with Crippen molar-refractivity contribution in [3.63, 3.8) is 0 Å². The first-order valence-corrected chi connectivity index (χ1v) is 12.0. The third-order valence-corrected chi connectivity index (χ3v) is 6.78. The molecule has 0 saturated heterocycles. The zero-order valence-corrected chi connectivity index (χ0v) is 19.6. The Bertz CT molecular complexity index is 1400. The molecule has 2 aliphatic rings. The number of hydrogen-bond acceptors (Lipinski definition) is 4. The van der Waals surface area contributed by atoms with Crippen LogP contribution in [0, 0.1) is 0 Å². The van der Waals surface area contributed by atoms with Crippen LogP contribution in [0.15, 0.2) is 54.6 Å². The second kappa shape index (κ2) is 8.61. The van der Waals surface area contributed by atoms with Crippen LogP contribution in [0.3, 0.4) is 0 Å². The summed E-state index contributed by atoms with van der Waals surface area (Å²) in [5.74, 6) is 0.555. The summed E-state index contributed by atoms with van der Waals surface area (Å²) in [5.41, 5.74) is 4.80. The molecule has 8 nitrogen and oxygen atoms in total. The van der Waals surface area contributed by atoms with Crippen molar-refractivity contribution >= 4 is 22.7 Å². The number of carbonyl (C=O) groups excluding carboxylic acids is 2. The number of hydrogen-bond donors (Lipinski definition) is 2. The number of H-pyrrole nitrogens is 1. The van der Waals surface area contributed by atoms with E-state index in [1.807, 2.05) is 59.3 Å². The maximum absolute atomic E-state index is 13.4. The number of fused-ring (bicyclic) bond motifs is 2. The highest BCUT2D eigenvalue weighted by atomic mass is 16.5. The van der Waals surface area contributed by atoms with Crippen LogP contribution in [0.2, 0.25) is 0 Å². The van der Waals surface area contributed by atoms with Crippen molar-refractivity contribution in [2.45, 2.75) is 38.4 Å². The molecule has 0 atom stereocenters. The molecule has 2 aromatic heterocycles. The predicted octanol–water partition coefficient (Wildman–Crippen LogP) is 3.51. The summed E-state index contributed by atoms with van der Waals surface area (Å²) in [6.07, 6.45) is 2.64. The second-order valence-corrected chi connectivity index (χ2v) is 9.28. The minimum Gasteiger partial charge on any atom is -0.497 e. The van der Waals surface area contributed by atoms with Crippen LogP contribution in [0.25, 0.3) is 10.9 Å². The Morgan fingerprint density at radius 2 is 2.00 bits per heavy atom. The normalized spacial score (nSPS) is 15.2. The van der Waals surface area contributed by atoms with Gasteiger partial charge in [-0.05, 0) is 42.7 Å². The number of rotatable bonds is 6. The van der Waals surface area contributed by atoms with Gasteiger partial charge in [0.1, 0.15) is 11.4 Å². The van der Waals surface area contributed by atoms with Crippen molar-refractivity contribution < 1.29 is 14.3 Å². The van der Waals surface area contributed by atoms with Crippen molar-refractivity contribution in [2.24, 2.45) is 0 Å². The molecular weight excluding hydrogens is 442 g/mol. The molecule has 3 heterocycles. The number of methoxy groups -OCH3 is 1. The van der Waals surface area contributed by atoms with Crippen LogP contribution in [-0.2, 0) is 19.5 Å². The van der Waals surface area contributed by atoms with Crippen LogP contribution in [-0.4, -0.2) is 51.2 Å². The molecule has 1 aliphatic heterocycles. The van der Waals surface area contributed by atoms with Crippen LogP contribution >= 0.6 is 0 Å². The summed E-state index contributed by atoms with van der Waals surface area (Å²) in [7, 11) is 1.65. The van der Waals surface area contributed by atoms with Gasteiger partial charge in [0.2, 0.25) is 0 Å². The van der Waals surface area contributed by atoms with Crippen molar-refractivity contribution in [3.8, 4) is 5.75 Å². The highest BCUT2D eigenvalue weighted by molar-refractivity contribution is 5.99. The zero-order valence-electron chi connectivity index (χ0n) is 19.6. The van der Waals surface area contributed by atoms with Crippen LogP contribution in [0.1, 0.15) is 50.6 Å². The minimum atomic E-state index is -0.159. The fraction of sp³-hybridized carbons (Fsp3) is 0.296. The molecule has 1 saturated carbocycles. The Morgan fingerprint density at radius 1 is 1.14 bits per heavy atom. The standard InChI is InChI=1S/C27H27N5O3/c1-35-20-7-4-5-17(13-20)15-32-24-11-12-31(16-21(24)25(30-32)26(33)28-19-9-10-19)27(34)23-14-18-6-2-3-8-22(18)29-23/h2-8,13-14,19,29H,9-12,15-16H2,1H3,(H,28,33). The number of carbonyl (C=O) groups is 2. The maximum atomic E-state index is 13.4. The molecule has 1 fully saturated rings. The van der Waals surface area contributed by atoms with E-state index in [2.05, 4.69) is 10.3 Å². The van der Waals surface area contributed by atoms with Crippen molar-refractivity contribution in [1.82, 2.24) is 25.0 Å². The lowest BCUT2D eigenvalue weighted by Gasteiger charge is -2.27. The van der Waals surface area contributed by atoms with Crippen molar-refractivity contribution in [2.75, 3.05) is 13.7 Å². The molecular formula is C27H27N5O3. The maximum Gasteiger partial charge on any atom is 0.272 e. The molecule has 0 bridgehead atoms. The van der Waals surface area contributed by atoms with Gasteiger partial charge in [0.25, 0.3) is 11.8 Å². The number of aromatic amines is 1. The third kappa shape index (κ3) is 4.16. The first kappa shape index (κ1) is 21.5. The first-order valence-electron chi connectivity index (χ1n) is 12.0. The van der Waals surface area contributed by atoms with E-state index in [0.29, 0.717) is 37.4 Å². The number of ether oxygens (including phenoxy) is 1. The summed E-state index contributed by atoms with van der Waals surface area (Å²) in [6.45, 7) is 1.45. The van der Waals surface area contributed by atoms with E-state index >= 15 is 0 Å². The smallest absolute Gasteiger partial charge is 0.272 e. The summed E-state index contributed by atoms with van der Waals surface area (Å²) < 4.78 is 7.28. The fourth-order valence-corrected chi connectivity index (χ4v) is 4.76. The first-order chi connectivity index (χ1) is 17.1. The molecule has 35 heavy (non-hydrogen) atoms. The second-order valence-electron chi connectivity index (χ2n) is 9.28. The van der Waals surface area contributed by atoms with Gasteiger partial charge in [0.15, 0.2) is 5.69 Å². The van der Waals surface area contributed by atoms with Gasteiger partial charge >= 0.3 is 0 Å². The number of nitrogens with zero attached hydrogens (tertiary/aromatic N) is 3. The van der Waals surface area contributed by atoms with E-state index in [9.17, 15) is 9.59 Å². The minimum absolute atomic E-state index is 0.0686. The van der Waals surface area contributed by atoms with Crippen molar-refractivity contribution in [1.29, 1.82) is 0 Å². The van der Waals surface area contributed by atoms with E-state index in [-0.39, 0.29) is 17.9 Å². The Balaban J connectivity index is 1.31. The summed E-state index contributed by atoms with van der Waals surface area (Å²) in [6, 6.07) is 17.8. The molecule has 1 aliphatic carbocycles. The van der Waals surface area contributed by atoms with Crippen LogP contribution < -0.4 is 10.1 Å². The number of benzene rings is 2. The number of aromatic nitrogens is 3. The monoisotopic (exact) mass is 469 g/mol. The molecule has 0 radical (unpaired) electrons. The number of nitrogens with one attached hydrogen (secondary N) is 2. The molecule has 2 aromatic carbocycles. The van der Waals surface area contributed by atoms with Gasteiger partial charge in [0.05, 0.1) is 20.2 Å². The fourth-order valence-electron chi connectivity index (χ4n) is 4.76. The van der Waals surface area contributed by atoms with Gasteiger partial charge in [-0.15, -0.1) is 0 Å². The number of para-hydroxylation sites is 1. The van der Waals surface area contributed by atoms with Gasteiger partial charge in [0, 0.05) is 41.2 Å². The van der Waals surface area contributed by atoms with Gasteiger partial charge in [-0.1, -0.05) is 30.3 Å².